The van der Waals surface area contributed by atoms with Crippen molar-refractivity contribution in [2.24, 2.45) is 12.0 Å². The summed E-state index contributed by atoms with van der Waals surface area (Å²) in [7, 11) is 4.06. The zero-order valence-electron chi connectivity index (χ0n) is 17.0. The summed E-state index contributed by atoms with van der Waals surface area (Å²) in [5.74, 6) is 2.68. The average Bonchev–Trinajstić information content (AvgIpc) is 2.95. The molecule has 1 N–H and O–H groups in total. The van der Waals surface area contributed by atoms with Crippen molar-refractivity contribution in [3.05, 3.63) is 24.3 Å². The molecule has 0 unspecified atom stereocenters. The SMILES string of the molecule is C=CCCCCCN(C)C(=NCc1nnc(C)n1C)NCCCOCC. The normalized spacial score (nSPS) is 11.6. The molecule has 0 saturated carbocycles. The molecule has 0 atom stereocenters. The predicted molar refractivity (Wildman–Crippen MR) is 107 cm³/mol. The van der Waals surface area contributed by atoms with E-state index in [1.165, 1.54) is 12.8 Å². The zero-order valence-corrected chi connectivity index (χ0v) is 17.0. The molecule has 0 amide bonds. The lowest BCUT2D eigenvalue weighted by atomic mass is 10.2. The van der Waals surface area contributed by atoms with Gasteiger partial charge in [0.2, 0.25) is 0 Å². The van der Waals surface area contributed by atoms with Gasteiger partial charge in [0, 0.05) is 40.4 Å². The van der Waals surface area contributed by atoms with Gasteiger partial charge in [-0.25, -0.2) is 4.99 Å². The first-order valence-corrected chi connectivity index (χ1v) is 9.63. The molecule has 0 aliphatic carbocycles. The summed E-state index contributed by atoms with van der Waals surface area (Å²) in [6.07, 6.45) is 7.59. The van der Waals surface area contributed by atoms with Crippen LogP contribution in [0.15, 0.2) is 17.6 Å². The van der Waals surface area contributed by atoms with E-state index < -0.39 is 0 Å². The first kappa shape index (κ1) is 22.2. The van der Waals surface area contributed by atoms with Crippen LogP contribution in [0.1, 0.15) is 50.7 Å². The Morgan fingerprint density at radius 2 is 2.12 bits per heavy atom. The number of allylic oxidation sites excluding steroid dienone is 1. The fourth-order valence-corrected chi connectivity index (χ4v) is 2.48. The maximum atomic E-state index is 5.40. The quantitative estimate of drug-likeness (QED) is 0.252. The third-order valence-corrected chi connectivity index (χ3v) is 4.27. The molecule has 26 heavy (non-hydrogen) atoms. The number of rotatable bonds is 13. The molecule has 0 spiro atoms. The number of unbranched alkanes of at least 4 members (excludes halogenated alkanes) is 3. The number of ether oxygens (including phenoxy) is 1. The Bertz CT molecular complexity index is 540. The van der Waals surface area contributed by atoms with Crippen molar-refractivity contribution in [3.8, 4) is 0 Å². The Hall–Kier alpha value is -1.89. The molecule has 7 nitrogen and oxygen atoms in total. The fourth-order valence-electron chi connectivity index (χ4n) is 2.48. The van der Waals surface area contributed by atoms with Gasteiger partial charge in [0.15, 0.2) is 11.8 Å². The van der Waals surface area contributed by atoms with Crippen molar-refractivity contribution in [2.45, 2.75) is 52.5 Å². The highest BCUT2D eigenvalue weighted by Gasteiger charge is 2.08. The molecule has 148 valence electrons. The number of guanidine groups is 1. The maximum Gasteiger partial charge on any atom is 0.194 e. The largest absolute Gasteiger partial charge is 0.382 e. The second-order valence-corrected chi connectivity index (χ2v) is 6.40. The third-order valence-electron chi connectivity index (χ3n) is 4.27. The molecule has 1 aromatic rings. The summed E-state index contributed by atoms with van der Waals surface area (Å²) in [4.78, 5) is 6.94. The van der Waals surface area contributed by atoms with Gasteiger partial charge in [0.25, 0.3) is 0 Å². The van der Waals surface area contributed by atoms with Crippen LogP contribution in [0.3, 0.4) is 0 Å². The van der Waals surface area contributed by atoms with Crippen LogP contribution in [0, 0.1) is 6.92 Å². The van der Waals surface area contributed by atoms with Gasteiger partial charge in [-0.2, -0.15) is 0 Å². The Kier molecular flexibility index (Phi) is 11.4. The standard InChI is InChI=1S/C19H36N6O/c1-6-8-9-10-11-14-24(4)19(20-13-12-15-26-7-2)21-16-18-23-22-17(3)25(18)5/h6H,1,7-16H2,2-5H3,(H,20,21). The van der Waals surface area contributed by atoms with Crippen molar-refractivity contribution < 1.29 is 4.74 Å². The lowest BCUT2D eigenvalue weighted by Crippen LogP contribution is -2.40. The van der Waals surface area contributed by atoms with Crippen LogP contribution in [-0.2, 0) is 18.3 Å². The lowest BCUT2D eigenvalue weighted by molar-refractivity contribution is 0.145. The van der Waals surface area contributed by atoms with Crippen molar-refractivity contribution in [3.63, 3.8) is 0 Å². The Balaban J connectivity index is 2.57. The van der Waals surface area contributed by atoms with Crippen molar-refractivity contribution in [1.82, 2.24) is 25.0 Å². The minimum Gasteiger partial charge on any atom is -0.382 e. The molecule has 1 heterocycles. The highest BCUT2D eigenvalue weighted by molar-refractivity contribution is 5.79. The summed E-state index contributed by atoms with van der Waals surface area (Å²) in [6, 6.07) is 0. The Labute approximate surface area is 158 Å². The van der Waals surface area contributed by atoms with Crippen molar-refractivity contribution in [1.29, 1.82) is 0 Å². The second kappa shape index (κ2) is 13.3. The second-order valence-electron chi connectivity index (χ2n) is 6.40. The molecule has 0 fully saturated rings. The van der Waals surface area contributed by atoms with Gasteiger partial charge in [-0.3, -0.25) is 0 Å². The van der Waals surface area contributed by atoms with E-state index in [2.05, 4.69) is 34.0 Å². The molecule has 0 radical (unpaired) electrons. The topological polar surface area (TPSA) is 67.6 Å². The molecule has 0 bridgehead atoms. The van der Waals surface area contributed by atoms with E-state index in [4.69, 9.17) is 9.73 Å². The minimum absolute atomic E-state index is 0.520. The summed E-state index contributed by atoms with van der Waals surface area (Å²) in [5.41, 5.74) is 0. The van der Waals surface area contributed by atoms with Crippen LogP contribution in [0.25, 0.3) is 0 Å². The maximum absolute atomic E-state index is 5.40. The van der Waals surface area contributed by atoms with E-state index in [-0.39, 0.29) is 0 Å². The van der Waals surface area contributed by atoms with E-state index in [1.807, 2.05) is 31.5 Å². The van der Waals surface area contributed by atoms with Crippen LogP contribution in [0.2, 0.25) is 0 Å². The summed E-state index contributed by atoms with van der Waals surface area (Å²) < 4.78 is 7.38. The molecule has 0 aliphatic rings. The first-order valence-electron chi connectivity index (χ1n) is 9.63. The molecule has 1 rings (SSSR count). The van der Waals surface area contributed by atoms with Crippen LogP contribution in [-0.4, -0.2) is 59.0 Å². The minimum atomic E-state index is 0.520. The van der Waals surface area contributed by atoms with Gasteiger partial charge in [-0.1, -0.05) is 12.5 Å². The highest BCUT2D eigenvalue weighted by Crippen LogP contribution is 2.03. The molecule has 7 heteroatoms. The van der Waals surface area contributed by atoms with Crippen molar-refractivity contribution in [2.75, 3.05) is 33.4 Å². The van der Waals surface area contributed by atoms with Crippen LogP contribution < -0.4 is 5.32 Å². The van der Waals surface area contributed by atoms with E-state index >= 15 is 0 Å². The molecule has 0 aliphatic heterocycles. The number of hydrogen-bond donors (Lipinski definition) is 1. The first-order chi connectivity index (χ1) is 12.6. The number of nitrogens with zero attached hydrogens (tertiary/aromatic N) is 5. The summed E-state index contributed by atoms with van der Waals surface area (Å²) in [6.45, 7) is 11.6. The monoisotopic (exact) mass is 364 g/mol. The summed E-state index contributed by atoms with van der Waals surface area (Å²) >= 11 is 0. The van der Waals surface area contributed by atoms with Gasteiger partial charge < -0.3 is 19.5 Å². The van der Waals surface area contributed by atoms with Crippen LogP contribution in [0.4, 0.5) is 0 Å². The number of hydrogen-bond acceptors (Lipinski definition) is 4. The fraction of sp³-hybridized carbons (Fsp3) is 0.737. The van der Waals surface area contributed by atoms with Gasteiger partial charge in [-0.15, -0.1) is 16.8 Å². The van der Waals surface area contributed by atoms with Gasteiger partial charge in [0.05, 0.1) is 0 Å². The molecular formula is C19H36N6O. The van der Waals surface area contributed by atoms with E-state index in [1.54, 1.807) is 0 Å². The number of nitrogens with one attached hydrogen (secondary N) is 1. The van der Waals surface area contributed by atoms with Crippen LogP contribution in [0.5, 0.6) is 0 Å². The van der Waals surface area contributed by atoms with Crippen LogP contribution >= 0.6 is 0 Å². The highest BCUT2D eigenvalue weighted by atomic mass is 16.5. The molecule has 0 aromatic carbocycles. The predicted octanol–water partition coefficient (Wildman–Crippen LogP) is 2.67. The van der Waals surface area contributed by atoms with Gasteiger partial charge in [-0.05, 0) is 39.5 Å². The molecule has 0 saturated heterocycles. The van der Waals surface area contributed by atoms with Gasteiger partial charge in [0.1, 0.15) is 12.4 Å². The molecular weight excluding hydrogens is 328 g/mol. The Morgan fingerprint density at radius 3 is 2.77 bits per heavy atom. The van der Waals surface area contributed by atoms with E-state index in [0.29, 0.717) is 6.54 Å². The number of aryl methyl sites for hydroxylation is 1. The average molecular weight is 365 g/mol. The smallest absolute Gasteiger partial charge is 0.194 e. The molecule has 1 aromatic heterocycles. The lowest BCUT2D eigenvalue weighted by Gasteiger charge is -2.22. The van der Waals surface area contributed by atoms with Crippen molar-refractivity contribution >= 4 is 5.96 Å². The number of aliphatic imine (C=N–C) groups is 1. The van der Waals surface area contributed by atoms with E-state index in [9.17, 15) is 0 Å². The summed E-state index contributed by atoms with van der Waals surface area (Å²) in [5, 5.41) is 11.7. The van der Waals surface area contributed by atoms with Gasteiger partial charge >= 0.3 is 0 Å². The zero-order chi connectivity index (χ0) is 19.2. The Morgan fingerprint density at radius 1 is 1.31 bits per heavy atom. The van der Waals surface area contributed by atoms with E-state index in [0.717, 1.165) is 63.2 Å². The number of aromatic nitrogens is 3. The third kappa shape index (κ3) is 8.47.